The van der Waals surface area contributed by atoms with Gasteiger partial charge in [-0.1, -0.05) is 30.3 Å². The zero-order valence-corrected chi connectivity index (χ0v) is 16.7. The molecule has 1 N–H and O–H groups in total. The van der Waals surface area contributed by atoms with E-state index in [-0.39, 0.29) is 23.7 Å². The summed E-state index contributed by atoms with van der Waals surface area (Å²) in [6.07, 6.45) is 1.55. The van der Waals surface area contributed by atoms with E-state index in [0.29, 0.717) is 28.6 Å². The Balaban J connectivity index is 1.59. The molecule has 0 aliphatic rings. The summed E-state index contributed by atoms with van der Waals surface area (Å²) >= 11 is 0. The van der Waals surface area contributed by atoms with Crippen molar-refractivity contribution in [2.45, 2.75) is 20.0 Å². The minimum Gasteiger partial charge on any atom is -0.439 e. The Hall–Kier alpha value is -4.07. The quantitative estimate of drug-likeness (QED) is 0.516. The van der Waals surface area contributed by atoms with Gasteiger partial charge in [0.25, 0.3) is 11.5 Å². The van der Waals surface area contributed by atoms with E-state index < -0.39 is 11.7 Å². The molecule has 0 saturated carbocycles. The molecule has 31 heavy (non-hydrogen) atoms. The van der Waals surface area contributed by atoms with Crippen LogP contribution in [-0.2, 0) is 13.1 Å². The highest BCUT2D eigenvalue weighted by Crippen LogP contribution is 2.23. The first-order valence-electron chi connectivity index (χ1n) is 9.72. The first-order chi connectivity index (χ1) is 15.1. The summed E-state index contributed by atoms with van der Waals surface area (Å²) in [5, 5.41) is 7.95. The number of pyridine rings is 1. The number of halogens is 1. The lowest BCUT2D eigenvalue weighted by molar-refractivity contribution is 0.0945. The standard InChI is InChI=1S/C23H19FN4O3/c1-2-28-23(30)19-11-4-3-10-18(19)20(27-28)21(29)26-14-15-7-6-12-25-22(15)31-17-9-5-8-16(24)13-17/h3-13H,2,14H2,1H3,(H,26,29). The number of aryl methyl sites for hydroxylation is 1. The second-order valence-corrected chi connectivity index (χ2v) is 6.72. The lowest BCUT2D eigenvalue weighted by atomic mass is 10.1. The van der Waals surface area contributed by atoms with Gasteiger partial charge in [-0.3, -0.25) is 9.59 Å². The number of carbonyl (C=O) groups excluding carboxylic acids is 1. The van der Waals surface area contributed by atoms with Crippen molar-refractivity contribution >= 4 is 16.7 Å². The molecule has 2 aromatic carbocycles. The van der Waals surface area contributed by atoms with E-state index in [2.05, 4.69) is 15.4 Å². The van der Waals surface area contributed by atoms with Crippen molar-refractivity contribution in [3.8, 4) is 11.6 Å². The molecule has 0 saturated heterocycles. The Bertz CT molecular complexity index is 1320. The number of hydrogen-bond donors (Lipinski definition) is 1. The number of hydrogen-bond acceptors (Lipinski definition) is 5. The number of rotatable bonds is 6. The molecule has 2 heterocycles. The van der Waals surface area contributed by atoms with Gasteiger partial charge in [-0.15, -0.1) is 0 Å². The monoisotopic (exact) mass is 418 g/mol. The van der Waals surface area contributed by atoms with E-state index in [1.165, 1.54) is 22.9 Å². The molecule has 4 rings (SSSR count). The number of amides is 1. The zero-order valence-electron chi connectivity index (χ0n) is 16.7. The van der Waals surface area contributed by atoms with Crippen LogP contribution in [0.25, 0.3) is 10.8 Å². The summed E-state index contributed by atoms with van der Waals surface area (Å²) in [5.41, 5.74) is 0.523. The average Bonchev–Trinajstić information content (AvgIpc) is 2.79. The maximum absolute atomic E-state index is 13.4. The third-order valence-electron chi connectivity index (χ3n) is 4.68. The number of aromatic nitrogens is 3. The number of fused-ring (bicyclic) bond motifs is 1. The highest BCUT2D eigenvalue weighted by molar-refractivity contribution is 6.04. The van der Waals surface area contributed by atoms with Gasteiger partial charge in [-0.2, -0.15) is 5.10 Å². The molecule has 156 valence electrons. The topological polar surface area (TPSA) is 86.1 Å². The smallest absolute Gasteiger partial charge is 0.274 e. The molecule has 2 aromatic heterocycles. The third-order valence-corrected chi connectivity index (χ3v) is 4.68. The molecule has 0 fully saturated rings. The number of carbonyl (C=O) groups is 1. The van der Waals surface area contributed by atoms with Crippen molar-refractivity contribution < 1.29 is 13.9 Å². The molecule has 0 unspecified atom stereocenters. The van der Waals surface area contributed by atoms with Crippen LogP contribution in [0.1, 0.15) is 23.0 Å². The van der Waals surface area contributed by atoms with Crippen LogP contribution >= 0.6 is 0 Å². The second-order valence-electron chi connectivity index (χ2n) is 6.72. The van der Waals surface area contributed by atoms with Gasteiger partial charge in [0.2, 0.25) is 5.88 Å². The summed E-state index contributed by atoms with van der Waals surface area (Å²) in [6, 6.07) is 16.1. The molecule has 0 atom stereocenters. The molecule has 7 nitrogen and oxygen atoms in total. The first-order valence-corrected chi connectivity index (χ1v) is 9.72. The maximum atomic E-state index is 13.4. The van der Waals surface area contributed by atoms with E-state index in [9.17, 15) is 14.0 Å². The van der Waals surface area contributed by atoms with Crippen LogP contribution in [-0.4, -0.2) is 20.7 Å². The van der Waals surface area contributed by atoms with Crippen LogP contribution in [0.4, 0.5) is 4.39 Å². The van der Waals surface area contributed by atoms with Crippen LogP contribution in [0.2, 0.25) is 0 Å². The van der Waals surface area contributed by atoms with Crippen LogP contribution in [0.3, 0.4) is 0 Å². The fraction of sp³-hybridized carbons (Fsp3) is 0.130. The van der Waals surface area contributed by atoms with Gasteiger partial charge in [-0.05, 0) is 31.2 Å². The summed E-state index contributed by atoms with van der Waals surface area (Å²) in [6.45, 7) is 2.24. The predicted octanol–water partition coefficient (Wildman–Crippen LogP) is 3.67. The van der Waals surface area contributed by atoms with E-state index in [4.69, 9.17) is 4.74 Å². The van der Waals surface area contributed by atoms with Gasteiger partial charge < -0.3 is 10.1 Å². The minimum absolute atomic E-state index is 0.110. The van der Waals surface area contributed by atoms with Gasteiger partial charge >= 0.3 is 0 Å². The second kappa shape index (κ2) is 8.74. The van der Waals surface area contributed by atoms with Gasteiger partial charge in [0, 0.05) is 36.3 Å². The fourth-order valence-corrected chi connectivity index (χ4v) is 3.17. The molecular weight excluding hydrogens is 399 g/mol. The SMILES string of the molecule is CCn1nc(C(=O)NCc2cccnc2Oc2cccc(F)c2)c2ccccc2c1=O. The van der Waals surface area contributed by atoms with Gasteiger partial charge in [0.05, 0.1) is 5.39 Å². The number of nitrogens with one attached hydrogen (secondary N) is 1. The van der Waals surface area contributed by atoms with Crippen molar-refractivity contribution in [1.29, 1.82) is 0 Å². The van der Waals surface area contributed by atoms with E-state index in [0.717, 1.165) is 0 Å². The summed E-state index contributed by atoms with van der Waals surface area (Å²) < 4.78 is 20.4. The number of benzene rings is 2. The first kappa shape index (κ1) is 20.2. The molecule has 0 aliphatic carbocycles. The van der Waals surface area contributed by atoms with Crippen LogP contribution in [0.15, 0.2) is 71.7 Å². The summed E-state index contributed by atoms with van der Waals surface area (Å²) in [7, 11) is 0. The van der Waals surface area contributed by atoms with Crippen molar-refractivity contribution in [1.82, 2.24) is 20.1 Å². The Morgan fingerprint density at radius 2 is 1.90 bits per heavy atom. The normalized spacial score (nSPS) is 10.8. The Kier molecular flexibility index (Phi) is 5.70. The largest absolute Gasteiger partial charge is 0.439 e. The molecular formula is C23H19FN4O3. The lowest BCUT2D eigenvalue weighted by Gasteiger charge is -2.12. The Morgan fingerprint density at radius 1 is 1.10 bits per heavy atom. The van der Waals surface area contributed by atoms with Crippen molar-refractivity contribution in [3.05, 3.63) is 94.3 Å². The predicted molar refractivity (Wildman–Crippen MR) is 114 cm³/mol. The van der Waals surface area contributed by atoms with E-state index >= 15 is 0 Å². The molecule has 0 bridgehead atoms. The van der Waals surface area contributed by atoms with Gasteiger partial charge in [-0.25, -0.2) is 14.1 Å². The molecule has 8 heteroatoms. The van der Waals surface area contributed by atoms with Crippen molar-refractivity contribution in [2.75, 3.05) is 0 Å². The Labute approximate surface area is 177 Å². The Morgan fingerprint density at radius 3 is 2.68 bits per heavy atom. The molecule has 4 aromatic rings. The maximum Gasteiger partial charge on any atom is 0.274 e. The summed E-state index contributed by atoms with van der Waals surface area (Å²) in [5.74, 6) is -0.301. The van der Waals surface area contributed by atoms with Gasteiger partial charge in [0.15, 0.2) is 5.69 Å². The average molecular weight is 418 g/mol. The minimum atomic E-state index is -0.432. The molecule has 1 amide bonds. The molecule has 0 spiro atoms. The molecule has 0 aliphatic heterocycles. The van der Waals surface area contributed by atoms with Crippen LogP contribution in [0, 0.1) is 5.82 Å². The lowest BCUT2D eigenvalue weighted by Crippen LogP contribution is -2.30. The number of nitrogens with zero attached hydrogens (tertiary/aromatic N) is 3. The highest BCUT2D eigenvalue weighted by atomic mass is 19.1. The van der Waals surface area contributed by atoms with Crippen LogP contribution in [0.5, 0.6) is 11.6 Å². The van der Waals surface area contributed by atoms with Crippen LogP contribution < -0.4 is 15.6 Å². The van der Waals surface area contributed by atoms with E-state index in [1.54, 1.807) is 55.6 Å². The highest BCUT2D eigenvalue weighted by Gasteiger charge is 2.17. The third kappa shape index (κ3) is 4.28. The van der Waals surface area contributed by atoms with Crippen molar-refractivity contribution in [2.24, 2.45) is 0 Å². The van der Waals surface area contributed by atoms with Crippen molar-refractivity contribution in [3.63, 3.8) is 0 Å². The fourth-order valence-electron chi connectivity index (χ4n) is 3.17. The zero-order chi connectivity index (χ0) is 21.8. The number of ether oxygens (including phenoxy) is 1. The summed E-state index contributed by atoms with van der Waals surface area (Å²) in [4.78, 5) is 29.6. The van der Waals surface area contributed by atoms with Gasteiger partial charge in [0.1, 0.15) is 11.6 Å². The van der Waals surface area contributed by atoms with E-state index in [1.807, 2.05) is 0 Å². The molecule has 0 radical (unpaired) electrons.